The van der Waals surface area contributed by atoms with Crippen LogP contribution in [0.2, 0.25) is 0 Å². The van der Waals surface area contributed by atoms with Crippen LogP contribution in [0.25, 0.3) is 32.3 Å². The Bertz CT molecular complexity index is 1570. The van der Waals surface area contributed by atoms with Crippen molar-refractivity contribution in [2.24, 2.45) is 0 Å². The van der Waals surface area contributed by atoms with Crippen LogP contribution in [0.5, 0.6) is 11.6 Å². The first-order valence-corrected chi connectivity index (χ1v) is 10.9. The lowest BCUT2D eigenvalue weighted by Gasteiger charge is -2.13. The third-order valence-corrected chi connectivity index (χ3v) is 6.02. The monoisotopic (exact) mass is 412 g/mol. The van der Waals surface area contributed by atoms with Gasteiger partial charge in [0.1, 0.15) is 5.75 Å². The van der Waals surface area contributed by atoms with Gasteiger partial charge in [0, 0.05) is 17.0 Å². The molecule has 0 aliphatic heterocycles. The van der Waals surface area contributed by atoms with Crippen LogP contribution in [0.4, 0.5) is 0 Å². The Hall–Kier alpha value is -4.17. The lowest BCUT2D eigenvalue weighted by atomic mass is 10.0. The number of rotatable bonds is 4. The second-order valence-corrected chi connectivity index (χ2v) is 8.07. The first-order chi connectivity index (χ1) is 15.9. The van der Waals surface area contributed by atoms with Gasteiger partial charge >= 0.3 is 5.88 Å². The average molecular weight is 413 g/mol. The lowest BCUT2D eigenvalue weighted by molar-refractivity contribution is -0.690. The molecule has 5 aromatic carbocycles. The van der Waals surface area contributed by atoms with Gasteiger partial charge in [0.25, 0.3) is 0 Å². The Morgan fingerprint density at radius 2 is 1.16 bits per heavy atom. The van der Waals surface area contributed by atoms with Gasteiger partial charge in [-0.05, 0) is 33.7 Å². The van der Waals surface area contributed by atoms with E-state index in [4.69, 9.17) is 4.74 Å². The van der Waals surface area contributed by atoms with Crippen LogP contribution in [-0.4, -0.2) is 0 Å². The minimum Gasteiger partial charge on any atom is -0.404 e. The van der Waals surface area contributed by atoms with Gasteiger partial charge in [0.2, 0.25) is 0 Å². The van der Waals surface area contributed by atoms with E-state index >= 15 is 0 Å². The largest absolute Gasteiger partial charge is 0.404 e. The fourth-order valence-electron chi connectivity index (χ4n) is 4.46. The zero-order valence-corrected chi connectivity index (χ0v) is 17.6. The minimum atomic E-state index is 0.743. The van der Waals surface area contributed by atoms with Gasteiger partial charge in [-0.15, -0.1) is 0 Å². The number of hydrogen-bond donors (Lipinski definition) is 0. The van der Waals surface area contributed by atoms with Gasteiger partial charge in [0.05, 0.1) is 5.39 Å². The fourth-order valence-corrected chi connectivity index (χ4v) is 4.46. The highest BCUT2D eigenvalue weighted by molar-refractivity contribution is 6.10. The molecule has 2 nitrogen and oxygen atoms in total. The molecule has 0 saturated heterocycles. The summed E-state index contributed by atoms with van der Waals surface area (Å²) in [5.41, 5.74) is 1.24. The maximum atomic E-state index is 6.78. The Morgan fingerprint density at radius 1 is 0.531 bits per heavy atom. The predicted molar refractivity (Wildman–Crippen MR) is 131 cm³/mol. The van der Waals surface area contributed by atoms with Gasteiger partial charge in [-0.1, -0.05) is 97.1 Å². The van der Waals surface area contributed by atoms with Crippen LogP contribution >= 0.6 is 0 Å². The number of hydrogen-bond acceptors (Lipinski definition) is 1. The van der Waals surface area contributed by atoms with Crippen LogP contribution in [0.3, 0.4) is 0 Å². The Kier molecular flexibility index (Phi) is 4.54. The van der Waals surface area contributed by atoms with Crippen LogP contribution in [0.1, 0.15) is 5.56 Å². The zero-order valence-electron chi connectivity index (χ0n) is 17.6. The molecule has 0 bridgehead atoms. The van der Waals surface area contributed by atoms with Crippen molar-refractivity contribution in [1.29, 1.82) is 0 Å². The molecule has 1 heterocycles. The van der Waals surface area contributed by atoms with Crippen LogP contribution in [0, 0.1) is 0 Å². The van der Waals surface area contributed by atoms with Crippen molar-refractivity contribution in [3.8, 4) is 11.6 Å². The molecule has 0 fully saturated rings. The van der Waals surface area contributed by atoms with Crippen molar-refractivity contribution in [2.45, 2.75) is 6.54 Å². The van der Waals surface area contributed by atoms with E-state index in [2.05, 4.69) is 120 Å². The molecule has 0 amide bonds. The van der Waals surface area contributed by atoms with Gasteiger partial charge in [-0.2, -0.15) is 4.57 Å². The molecule has 0 aliphatic rings. The molecule has 0 saturated carbocycles. The van der Waals surface area contributed by atoms with E-state index in [1.54, 1.807) is 0 Å². The van der Waals surface area contributed by atoms with Crippen LogP contribution in [0.15, 0.2) is 121 Å². The molecule has 32 heavy (non-hydrogen) atoms. The molecular weight excluding hydrogens is 390 g/mol. The predicted octanol–water partition coefficient (Wildman–Crippen LogP) is 7.27. The Morgan fingerprint density at radius 3 is 1.97 bits per heavy atom. The number of ether oxygens (including phenoxy) is 1. The highest BCUT2D eigenvalue weighted by atomic mass is 16.5. The molecular formula is C30H22NO+. The summed E-state index contributed by atoms with van der Waals surface area (Å²) in [6, 6.07) is 40.2. The number of fused-ring (bicyclic) bond motifs is 4. The van der Waals surface area contributed by atoms with Crippen molar-refractivity contribution in [3.05, 3.63) is 127 Å². The van der Waals surface area contributed by atoms with E-state index < -0.39 is 0 Å². The summed E-state index contributed by atoms with van der Waals surface area (Å²) < 4.78 is 8.98. The molecule has 6 rings (SSSR count). The maximum absolute atomic E-state index is 6.78. The van der Waals surface area contributed by atoms with Crippen molar-refractivity contribution in [2.75, 3.05) is 0 Å². The smallest absolute Gasteiger partial charge is 0.381 e. The molecule has 6 aromatic rings. The van der Waals surface area contributed by atoms with Gasteiger partial charge in [0.15, 0.2) is 12.7 Å². The summed E-state index contributed by atoms with van der Waals surface area (Å²) in [4.78, 5) is 0. The molecule has 0 atom stereocenters. The summed E-state index contributed by atoms with van der Waals surface area (Å²) in [5.74, 6) is 1.73. The standard InChI is InChI=1S/C30H22NO/c1-2-10-22(11-3-1)21-31-19-18-23-12-4-7-15-26(23)30(31)32-29-20-24-13-5-6-14-25(24)27-16-8-9-17-28(27)29/h1-20H,21H2/q+1. The van der Waals surface area contributed by atoms with E-state index in [-0.39, 0.29) is 0 Å². The van der Waals surface area contributed by atoms with E-state index in [9.17, 15) is 0 Å². The lowest BCUT2D eigenvalue weighted by Crippen LogP contribution is -2.35. The summed E-state index contributed by atoms with van der Waals surface area (Å²) in [7, 11) is 0. The highest BCUT2D eigenvalue weighted by Gasteiger charge is 2.20. The SMILES string of the molecule is c1ccc(C[n+]2ccc3ccccc3c2Oc2cc3ccccc3c3ccccc23)cc1. The van der Waals surface area contributed by atoms with Gasteiger partial charge in [-0.25, -0.2) is 0 Å². The first kappa shape index (κ1) is 18.6. The molecule has 2 heteroatoms. The molecule has 1 aromatic heterocycles. The maximum Gasteiger partial charge on any atom is 0.381 e. The fraction of sp³-hybridized carbons (Fsp3) is 0.0333. The molecule has 0 radical (unpaired) electrons. The molecule has 152 valence electrons. The molecule has 0 aliphatic carbocycles. The van der Waals surface area contributed by atoms with E-state index in [0.29, 0.717) is 0 Å². The van der Waals surface area contributed by atoms with Crippen molar-refractivity contribution < 1.29 is 9.30 Å². The number of benzene rings is 5. The number of nitrogens with zero attached hydrogens (tertiary/aromatic N) is 1. The molecule has 0 spiro atoms. The van der Waals surface area contributed by atoms with Gasteiger partial charge in [-0.3, -0.25) is 0 Å². The minimum absolute atomic E-state index is 0.743. The number of pyridine rings is 1. The van der Waals surface area contributed by atoms with Crippen LogP contribution < -0.4 is 9.30 Å². The van der Waals surface area contributed by atoms with Crippen LogP contribution in [-0.2, 0) is 6.54 Å². The van der Waals surface area contributed by atoms with E-state index in [1.807, 2.05) is 6.07 Å². The average Bonchev–Trinajstić information content (AvgIpc) is 2.86. The Balaban J connectivity index is 1.57. The summed E-state index contributed by atoms with van der Waals surface area (Å²) in [6.07, 6.45) is 2.12. The zero-order chi connectivity index (χ0) is 21.3. The topological polar surface area (TPSA) is 13.1 Å². The normalized spacial score (nSPS) is 11.2. The van der Waals surface area contributed by atoms with Gasteiger partial charge < -0.3 is 4.74 Å². The second-order valence-electron chi connectivity index (χ2n) is 8.07. The number of aromatic nitrogens is 1. The summed E-state index contributed by atoms with van der Waals surface area (Å²) in [6.45, 7) is 0.743. The summed E-state index contributed by atoms with van der Waals surface area (Å²) >= 11 is 0. The van der Waals surface area contributed by atoms with E-state index in [0.717, 1.165) is 34.3 Å². The summed E-state index contributed by atoms with van der Waals surface area (Å²) in [5, 5.41) is 7.00. The highest BCUT2D eigenvalue weighted by Crippen LogP contribution is 2.36. The first-order valence-electron chi connectivity index (χ1n) is 10.9. The Labute approximate surface area is 186 Å². The molecule has 0 unspecified atom stereocenters. The third-order valence-electron chi connectivity index (χ3n) is 6.02. The molecule has 0 N–H and O–H groups in total. The quantitative estimate of drug-likeness (QED) is 0.219. The second kappa shape index (κ2) is 7.82. The third kappa shape index (κ3) is 3.27. The van der Waals surface area contributed by atoms with Crippen molar-refractivity contribution >= 4 is 32.3 Å². The van der Waals surface area contributed by atoms with Crippen molar-refractivity contribution in [3.63, 3.8) is 0 Å². The van der Waals surface area contributed by atoms with E-state index in [1.165, 1.54) is 21.7 Å². The van der Waals surface area contributed by atoms with Crippen molar-refractivity contribution in [1.82, 2.24) is 0 Å².